The van der Waals surface area contributed by atoms with Crippen LogP contribution >= 0.6 is 0 Å². The van der Waals surface area contributed by atoms with Crippen LogP contribution in [-0.2, 0) is 31.4 Å². The Labute approximate surface area is 186 Å². The number of benzene rings is 2. The lowest BCUT2D eigenvalue weighted by Gasteiger charge is -2.09. The summed E-state index contributed by atoms with van der Waals surface area (Å²) in [5.74, 6) is -0.561. The van der Waals surface area contributed by atoms with Crippen LogP contribution in [0, 0.1) is 6.92 Å². The fourth-order valence-electron chi connectivity index (χ4n) is 2.58. The van der Waals surface area contributed by atoms with Crippen molar-refractivity contribution < 1.29 is 30.8 Å². The summed E-state index contributed by atoms with van der Waals surface area (Å²) < 4.78 is 62.9. The van der Waals surface area contributed by atoms with Crippen molar-refractivity contribution in [1.82, 2.24) is 4.31 Å². The molecule has 32 heavy (non-hydrogen) atoms. The topological polar surface area (TPSA) is 123 Å². The molecule has 1 heterocycles. The summed E-state index contributed by atoms with van der Waals surface area (Å²) in [5.41, 5.74) is 1.56. The number of ether oxygens (including phenoxy) is 1. The van der Waals surface area contributed by atoms with Crippen LogP contribution in [0.4, 0.5) is 5.69 Å². The first-order valence-electron chi connectivity index (χ1n) is 9.37. The van der Waals surface area contributed by atoms with Crippen molar-refractivity contribution in [3.05, 3.63) is 77.6 Å². The van der Waals surface area contributed by atoms with Gasteiger partial charge in [0.2, 0.25) is 5.09 Å². The molecule has 9 nitrogen and oxygen atoms in total. The van der Waals surface area contributed by atoms with Crippen LogP contribution in [0.2, 0.25) is 0 Å². The Kier molecular flexibility index (Phi) is 6.72. The highest BCUT2D eigenvalue weighted by atomic mass is 32.2. The van der Waals surface area contributed by atoms with E-state index in [1.165, 1.54) is 50.5 Å². The van der Waals surface area contributed by atoms with Crippen molar-refractivity contribution in [3.8, 4) is 0 Å². The molecule has 11 heteroatoms. The molecule has 0 unspecified atom stereocenters. The minimum Gasteiger partial charge on any atom is -0.454 e. The number of sulfonamides is 2. The number of esters is 1. The third-order valence-electron chi connectivity index (χ3n) is 4.42. The number of nitrogens with zero attached hydrogens (tertiary/aromatic N) is 1. The number of nitrogens with one attached hydrogen (secondary N) is 1. The largest absolute Gasteiger partial charge is 0.454 e. The number of anilines is 1. The van der Waals surface area contributed by atoms with Gasteiger partial charge in [-0.1, -0.05) is 17.7 Å². The van der Waals surface area contributed by atoms with Gasteiger partial charge in [0.15, 0.2) is 0 Å². The molecule has 1 N–H and O–H groups in total. The smallest absolute Gasteiger partial charge is 0.338 e. The molecule has 3 rings (SSSR count). The fraction of sp³-hybridized carbons (Fsp3) is 0.190. The zero-order chi connectivity index (χ0) is 23.5. The molecule has 0 fully saturated rings. The van der Waals surface area contributed by atoms with Gasteiger partial charge in [-0.3, -0.25) is 4.72 Å². The predicted octanol–water partition coefficient (Wildman–Crippen LogP) is 3.00. The number of hydrogen-bond donors (Lipinski definition) is 1. The molecule has 0 spiro atoms. The Balaban J connectivity index is 1.64. The van der Waals surface area contributed by atoms with Gasteiger partial charge in [-0.05, 0) is 55.5 Å². The first-order valence-corrected chi connectivity index (χ1v) is 12.3. The van der Waals surface area contributed by atoms with Gasteiger partial charge >= 0.3 is 5.97 Å². The predicted molar refractivity (Wildman–Crippen MR) is 117 cm³/mol. The van der Waals surface area contributed by atoms with E-state index in [-0.39, 0.29) is 27.9 Å². The summed E-state index contributed by atoms with van der Waals surface area (Å²) in [4.78, 5) is 12.2. The molecule has 2 aromatic carbocycles. The van der Waals surface area contributed by atoms with E-state index in [9.17, 15) is 21.6 Å². The molecule has 170 valence electrons. The molecule has 0 aliphatic carbocycles. The quantitative estimate of drug-likeness (QED) is 0.494. The van der Waals surface area contributed by atoms with Gasteiger partial charge < -0.3 is 9.15 Å². The standard InChI is InChI=1S/C21H22N2O7S2/c1-15-4-8-17(9-5-15)22-31(25,26)19-11-6-16(7-12-19)21(24)29-14-18-10-13-20(30-18)32(27,28)23(2)3/h4-13,22H,14H2,1-3H3. The Morgan fingerprint density at radius 2 is 1.56 bits per heavy atom. The average molecular weight is 479 g/mol. The van der Waals surface area contributed by atoms with E-state index >= 15 is 0 Å². The summed E-state index contributed by atoms with van der Waals surface area (Å²) >= 11 is 0. The Bertz CT molecular complexity index is 1310. The number of carbonyl (C=O) groups is 1. The van der Waals surface area contributed by atoms with Crippen molar-refractivity contribution in [2.24, 2.45) is 0 Å². The van der Waals surface area contributed by atoms with Gasteiger partial charge in [-0.15, -0.1) is 0 Å². The van der Waals surface area contributed by atoms with E-state index in [4.69, 9.17) is 9.15 Å². The lowest BCUT2D eigenvalue weighted by Crippen LogP contribution is -2.21. The highest BCUT2D eigenvalue weighted by Crippen LogP contribution is 2.19. The molecule has 0 bridgehead atoms. The maximum absolute atomic E-state index is 12.5. The van der Waals surface area contributed by atoms with Crippen molar-refractivity contribution in [3.63, 3.8) is 0 Å². The highest BCUT2D eigenvalue weighted by Gasteiger charge is 2.22. The van der Waals surface area contributed by atoms with Crippen LogP contribution in [0.25, 0.3) is 0 Å². The fourth-order valence-corrected chi connectivity index (χ4v) is 4.45. The maximum atomic E-state index is 12.5. The molecule has 3 aromatic rings. The lowest BCUT2D eigenvalue weighted by molar-refractivity contribution is 0.0440. The van der Waals surface area contributed by atoms with Gasteiger partial charge in [0.25, 0.3) is 20.0 Å². The molecule has 0 atom stereocenters. The molecule has 1 aromatic heterocycles. The van der Waals surface area contributed by atoms with Crippen LogP contribution in [-0.4, -0.2) is 41.2 Å². The first-order chi connectivity index (χ1) is 15.0. The normalized spacial score (nSPS) is 12.0. The molecule has 0 aliphatic rings. The molecular formula is C21H22N2O7S2. The second-order valence-electron chi connectivity index (χ2n) is 7.08. The van der Waals surface area contributed by atoms with Crippen LogP contribution < -0.4 is 4.72 Å². The van der Waals surface area contributed by atoms with E-state index < -0.39 is 26.0 Å². The summed E-state index contributed by atoms with van der Waals surface area (Å²) in [5, 5.41) is -0.260. The minimum atomic E-state index is -3.82. The monoisotopic (exact) mass is 478 g/mol. The molecular weight excluding hydrogens is 456 g/mol. The van der Waals surface area contributed by atoms with Crippen molar-refractivity contribution in [2.45, 2.75) is 23.5 Å². The second kappa shape index (κ2) is 9.15. The zero-order valence-corrected chi connectivity index (χ0v) is 19.2. The molecule has 0 aliphatic heterocycles. The number of rotatable bonds is 8. The van der Waals surface area contributed by atoms with Crippen LogP contribution in [0.3, 0.4) is 0 Å². The third-order valence-corrected chi connectivity index (χ3v) is 7.51. The number of hydrogen-bond acceptors (Lipinski definition) is 7. The van der Waals surface area contributed by atoms with E-state index in [1.54, 1.807) is 24.3 Å². The maximum Gasteiger partial charge on any atom is 0.338 e. The molecule has 0 radical (unpaired) electrons. The van der Waals surface area contributed by atoms with Gasteiger partial charge in [0.1, 0.15) is 12.4 Å². The van der Waals surface area contributed by atoms with Gasteiger partial charge in [0.05, 0.1) is 10.5 Å². The molecule has 0 saturated carbocycles. The summed E-state index contributed by atoms with van der Waals surface area (Å²) in [7, 11) is -4.80. The number of furan rings is 1. The molecule has 0 amide bonds. The Morgan fingerprint density at radius 3 is 2.16 bits per heavy atom. The highest BCUT2D eigenvalue weighted by molar-refractivity contribution is 7.92. The number of aryl methyl sites for hydroxylation is 1. The second-order valence-corrected chi connectivity index (χ2v) is 10.8. The van der Waals surface area contributed by atoms with Crippen molar-refractivity contribution in [1.29, 1.82) is 0 Å². The van der Waals surface area contributed by atoms with Gasteiger partial charge in [0, 0.05) is 19.8 Å². The lowest BCUT2D eigenvalue weighted by atomic mass is 10.2. The van der Waals surface area contributed by atoms with E-state index in [1.807, 2.05) is 6.92 Å². The van der Waals surface area contributed by atoms with Crippen molar-refractivity contribution in [2.75, 3.05) is 18.8 Å². The first kappa shape index (κ1) is 23.5. The van der Waals surface area contributed by atoms with Crippen LogP contribution in [0.1, 0.15) is 21.7 Å². The molecule has 0 saturated heterocycles. The van der Waals surface area contributed by atoms with Gasteiger partial charge in [-0.25, -0.2) is 25.9 Å². The van der Waals surface area contributed by atoms with E-state index in [0.29, 0.717) is 5.69 Å². The average Bonchev–Trinajstić information content (AvgIpc) is 3.23. The van der Waals surface area contributed by atoms with Crippen molar-refractivity contribution >= 4 is 31.7 Å². The van der Waals surface area contributed by atoms with Crippen LogP contribution in [0.5, 0.6) is 0 Å². The van der Waals surface area contributed by atoms with Gasteiger partial charge in [-0.2, -0.15) is 0 Å². The Hall–Kier alpha value is -3.15. The number of carbonyl (C=O) groups excluding carboxylic acids is 1. The van der Waals surface area contributed by atoms with Crippen LogP contribution in [0.15, 0.2) is 75.1 Å². The van der Waals surface area contributed by atoms with E-state index in [2.05, 4.69) is 4.72 Å². The third kappa shape index (κ3) is 5.36. The summed E-state index contributed by atoms with van der Waals surface area (Å²) in [6, 6.07) is 14.8. The summed E-state index contributed by atoms with van der Waals surface area (Å²) in [6.07, 6.45) is 0. The Morgan fingerprint density at radius 1 is 0.938 bits per heavy atom. The van der Waals surface area contributed by atoms with E-state index in [0.717, 1.165) is 9.87 Å². The SMILES string of the molecule is Cc1ccc(NS(=O)(=O)c2ccc(C(=O)OCc3ccc(S(=O)(=O)N(C)C)o3)cc2)cc1. The minimum absolute atomic E-state index is 0.0146. The zero-order valence-electron chi connectivity index (χ0n) is 17.6. The summed E-state index contributed by atoms with van der Waals surface area (Å²) in [6.45, 7) is 1.61.